The molecule has 0 aliphatic rings. The smallest absolute Gasteiger partial charge is 0.160 e. The average molecular weight is 666 g/mol. The fraction of sp³-hybridized carbons (Fsp3) is 0. The molecule has 0 unspecified atom stereocenters. The van der Waals surface area contributed by atoms with Crippen molar-refractivity contribution in [3.05, 3.63) is 164 Å². The summed E-state index contributed by atoms with van der Waals surface area (Å²) in [5.41, 5.74) is 11.7. The second-order valence-corrected chi connectivity index (χ2v) is 13.1. The summed E-state index contributed by atoms with van der Waals surface area (Å²) in [6, 6.07) is 56.1. The predicted molar refractivity (Wildman–Crippen MR) is 211 cm³/mol. The van der Waals surface area contributed by atoms with Crippen LogP contribution in [0.5, 0.6) is 0 Å². The zero-order chi connectivity index (χ0) is 34.2. The van der Waals surface area contributed by atoms with Crippen LogP contribution in [-0.4, -0.2) is 15.0 Å². The summed E-state index contributed by atoms with van der Waals surface area (Å²) in [6.45, 7) is 0. The first-order valence-electron chi connectivity index (χ1n) is 17.4. The van der Waals surface area contributed by atoms with Crippen molar-refractivity contribution in [2.24, 2.45) is 0 Å². The third-order valence-electron chi connectivity index (χ3n) is 10.1. The Morgan fingerprint density at radius 1 is 0.346 bits per heavy atom. The van der Waals surface area contributed by atoms with Crippen molar-refractivity contribution >= 4 is 65.7 Å². The zero-order valence-electron chi connectivity index (χ0n) is 27.7. The van der Waals surface area contributed by atoms with Crippen molar-refractivity contribution < 1.29 is 8.83 Å². The Morgan fingerprint density at radius 3 is 1.79 bits per heavy atom. The van der Waals surface area contributed by atoms with E-state index in [1.165, 1.54) is 0 Å². The summed E-state index contributed by atoms with van der Waals surface area (Å²) in [4.78, 5) is 16.0. The highest BCUT2D eigenvalue weighted by Crippen LogP contribution is 2.42. The van der Waals surface area contributed by atoms with Gasteiger partial charge in [-0.1, -0.05) is 121 Å². The molecule has 0 radical (unpaired) electrons. The first-order chi connectivity index (χ1) is 25.8. The van der Waals surface area contributed by atoms with Gasteiger partial charge in [-0.2, -0.15) is 0 Å². The molecule has 4 heterocycles. The summed E-state index contributed by atoms with van der Waals surface area (Å²) in [6.07, 6.45) is 0. The molecule has 0 saturated carbocycles. The number of nitrogens with zero attached hydrogens (tertiary/aromatic N) is 3. The summed E-state index contributed by atoms with van der Waals surface area (Å²) < 4.78 is 12.8. The number of aromatic nitrogens is 3. The molecule has 0 fully saturated rings. The Bertz CT molecular complexity index is 3180. The lowest BCUT2D eigenvalue weighted by atomic mass is 9.94. The van der Waals surface area contributed by atoms with E-state index in [0.29, 0.717) is 5.82 Å². The van der Waals surface area contributed by atoms with Crippen molar-refractivity contribution in [2.75, 3.05) is 0 Å². The molecule has 0 amide bonds. The van der Waals surface area contributed by atoms with Crippen LogP contribution in [0.3, 0.4) is 0 Å². The fourth-order valence-electron chi connectivity index (χ4n) is 7.63. The van der Waals surface area contributed by atoms with Crippen LogP contribution in [-0.2, 0) is 0 Å². The molecule has 0 aliphatic carbocycles. The zero-order valence-corrected chi connectivity index (χ0v) is 27.7. The molecule has 0 saturated heterocycles. The van der Waals surface area contributed by atoms with Gasteiger partial charge in [-0.15, -0.1) is 0 Å². The highest BCUT2D eigenvalue weighted by Gasteiger charge is 2.21. The molecule has 52 heavy (non-hydrogen) atoms. The van der Waals surface area contributed by atoms with E-state index < -0.39 is 0 Å². The van der Waals surface area contributed by atoms with E-state index in [4.69, 9.17) is 23.8 Å². The molecule has 5 heteroatoms. The number of rotatable bonds is 4. The molecule has 11 aromatic rings. The van der Waals surface area contributed by atoms with Crippen LogP contribution >= 0.6 is 0 Å². The lowest BCUT2D eigenvalue weighted by Crippen LogP contribution is -1.98. The molecule has 11 rings (SSSR count). The summed E-state index contributed by atoms with van der Waals surface area (Å²) >= 11 is 0. The van der Waals surface area contributed by atoms with E-state index in [0.717, 1.165) is 105 Å². The SMILES string of the molecule is c1ccc(-c2cc(-c3cccc4c3oc3ccccc34)c3ccc4c(-c5ccc6oc7ccccc7c6c5)nc(-c5ccccc5)nc4c3n2)cc1. The normalized spacial score (nSPS) is 11.8. The molecule has 242 valence electrons. The molecule has 0 aliphatic heterocycles. The predicted octanol–water partition coefficient (Wildman–Crippen LogP) is 12.6. The van der Waals surface area contributed by atoms with Crippen LogP contribution in [0.15, 0.2) is 173 Å². The van der Waals surface area contributed by atoms with Crippen LogP contribution in [0.25, 0.3) is 111 Å². The van der Waals surface area contributed by atoms with Gasteiger partial charge in [0.15, 0.2) is 5.82 Å². The van der Waals surface area contributed by atoms with Crippen LogP contribution < -0.4 is 0 Å². The van der Waals surface area contributed by atoms with E-state index in [9.17, 15) is 0 Å². The molecule has 5 nitrogen and oxygen atoms in total. The maximum atomic E-state index is 6.58. The Balaban J connectivity index is 1.25. The summed E-state index contributed by atoms with van der Waals surface area (Å²) in [5, 5.41) is 6.21. The number of benzene rings is 7. The van der Waals surface area contributed by atoms with E-state index in [1.807, 2.05) is 72.8 Å². The largest absolute Gasteiger partial charge is 0.456 e. The van der Waals surface area contributed by atoms with Gasteiger partial charge in [0.25, 0.3) is 0 Å². The minimum atomic E-state index is 0.639. The lowest BCUT2D eigenvalue weighted by Gasteiger charge is -2.15. The van der Waals surface area contributed by atoms with Gasteiger partial charge in [-0.25, -0.2) is 15.0 Å². The summed E-state index contributed by atoms with van der Waals surface area (Å²) in [7, 11) is 0. The van der Waals surface area contributed by atoms with Crippen molar-refractivity contribution in [1.82, 2.24) is 15.0 Å². The highest BCUT2D eigenvalue weighted by molar-refractivity contribution is 6.17. The molecule has 0 spiro atoms. The molecule has 0 N–H and O–H groups in total. The van der Waals surface area contributed by atoms with Crippen LogP contribution in [0.1, 0.15) is 0 Å². The van der Waals surface area contributed by atoms with Crippen molar-refractivity contribution in [3.63, 3.8) is 0 Å². The lowest BCUT2D eigenvalue weighted by molar-refractivity contribution is 0.669. The number of hydrogen-bond donors (Lipinski definition) is 0. The Morgan fingerprint density at radius 2 is 0.981 bits per heavy atom. The molecule has 4 aromatic heterocycles. The standard InChI is InChI=1S/C47H27N3O2/c1-3-12-28(13-4-1)39-27-37(35-19-11-18-34-31-16-7-10-21-41(31)52-46(34)35)33-23-24-36-43(30-22-25-42-38(26-30)32-17-8-9-20-40(32)51-42)49-47(29-14-5-2-6-15-29)50-45(36)44(33)48-39/h1-27H. The van der Waals surface area contributed by atoms with E-state index >= 15 is 0 Å². The monoisotopic (exact) mass is 665 g/mol. The van der Waals surface area contributed by atoms with E-state index in [2.05, 4.69) is 91.0 Å². The van der Waals surface area contributed by atoms with Crippen LogP contribution in [0, 0.1) is 0 Å². The number of fused-ring (bicyclic) bond motifs is 9. The molecule has 0 bridgehead atoms. The third kappa shape index (κ3) is 4.39. The van der Waals surface area contributed by atoms with Crippen LogP contribution in [0.2, 0.25) is 0 Å². The highest BCUT2D eigenvalue weighted by atomic mass is 16.3. The minimum Gasteiger partial charge on any atom is -0.456 e. The van der Waals surface area contributed by atoms with Crippen molar-refractivity contribution in [1.29, 1.82) is 0 Å². The second kappa shape index (κ2) is 11.2. The Hall–Kier alpha value is -7.11. The topological polar surface area (TPSA) is 65.0 Å². The van der Waals surface area contributed by atoms with Gasteiger partial charge in [0.1, 0.15) is 27.8 Å². The van der Waals surface area contributed by atoms with Crippen molar-refractivity contribution in [3.8, 4) is 45.0 Å². The van der Waals surface area contributed by atoms with Crippen molar-refractivity contribution in [2.45, 2.75) is 0 Å². The maximum Gasteiger partial charge on any atom is 0.160 e. The number of para-hydroxylation sites is 3. The number of furan rings is 2. The van der Waals surface area contributed by atoms with Gasteiger partial charge in [-0.05, 0) is 48.0 Å². The average Bonchev–Trinajstić information content (AvgIpc) is 3.79. The van der Waals surface area contributed by atoms with Gasteiger partial charge in [0.05, 0.1) is 16.9 Å². The molecular weight excluding hydrogens is 639 g/mol. The molecule has 0 atom stereocenters. The van der Waals surface area contributed by atoms with Gasteiger partial charge in [-0.3, -0.25) is 0 Å². The van der Waals surface area contributed by atoms with Gasteiger partial charge < -0.3 is 8.83 Å². The van der Waals surface area contributed by atoms with E-state index in [1.54, 1.807) is 0 Å². The molecular formula is C47H27N3O2. The van der Waals surface area contributed by atoms with Gasteiger partial charge in [0, 0.05) is 54.6 Å². The minimum absolute atomic E-state index is 0.639. The van der Waals surface area contributed by atoms with Gasteiger partial charge in [0.2, 0.25) is 0 Å². The number of hydrogen-bond acceptors (Lipinski definition) is 5. The third-order valence-corrected chi connectivity index (χ3v) is 10.1. The van der Waals surface area contributed by atoms with E-state index in [-0.39, 0.29) is 0 Å². The molecule has 7 aromatic carbocycles. The maximum absolute atomic E-state index is 6.58. The summed E-state index contributed by atoms with van der Waals surface area (Å²) in [5.74, 6) is 0.639. The second-order valence-electron chi connectivity index (χ2n) is 13.1. The Kier molecular flexibility index (Phi) is 6.18. The van der Waals surface area contributed by atoms with Crippen LogP contribution in [0.4, 0.5) is 0 Å². The Labute approximate surface area is 297 Å². The first-order valence-corrected chi connectivity index (χ1v) is 17.4. The van der Waals surface area contributed by atoms with Gasteiger partial charge >= 0.3 is 0 Å². The first kappa shape index (κ1) is 28.7. The quantitative estimate of drug-likeness (QED) is 0.175. The number of pyridine rings is 1. The fourth-order valence-corrected chi connectivity index (χ4v) is 7.63.